The molecule has 8 heteroatoms. The van der Waals surface area contributed by atoms with Crippen molar-refractivity contribution in [2.45, 2.75) is 10.8 Å². The average molecular weight is 379 g/mol. The third kappa shape index (κ3) is 3.57. The number of hydrogen-bond acceptors (Lipinski definition) is 4. The van der Waals surface area contributed by atoms with Gasteiger partial charge in [-0.25, -0.2) is 12.8 Å². The highest BCUT2D eigenvalue weighted by Gasteiger charge is 2.17. The lowest BCUT2D eigenvalue weighted by molar-refractivity contribution is 0.603. The van der Waals surface area contributed by atoms with Gasteiger partial charge in [0.2, 0.25) is 0 Å². The molecule has 0 amide bonds. The minimum absolute atomic E-state index is 0.189. The first-order chi connectivity index (χ1) is 9.42. The van der Waals surface area contributed by atoms with E-state index in [9.17, 15) is 12.8 Å². The number of hydrogen-bond donors (Lipinski definition) is 2. The Kier molecular flexibility index (Phi) is 4.79. The van der Waals surface area contributed by atoms with Gasteiger partial charge < -0.3 is 5.32 Å². The Bertz CT molecular complexity index is 716. The minimum atomic E-state index is -3.68. The summed E-state index contributed by atoms with van der Waals surface area (Å²) >= 11 is 4.19. The summed E-state index contributed by atoms with van der Waals surface area (Å²) in [6, 6.07) is 7.36. The highest BCUT2D eigenvalue weighted by Crippen LogP contribution is 2.25. The summed E-state index contributed by atoms with van der Waals surface area (Å²) in [7, 11) is -1.89. The van der Waals surface area contributed by atoms with Crippen molar-refractivity contribution in [3.8, 4) is 0 Å². The van der Waals surface area contributed by atoms with Crippen molar-refractivity contribution in [3.05, 3.63) is 45.5 Å². The van der Waals surface area contributed by atoms with E-state index in [-0.39, 0.29) is 14.4 Å². The van der Waals surface area contributed by atoms with Crippen molar-refractivity contribution in [3.63, 3.8) is 0 Å². The van der Waals surface area contributed by atoms with Crippen LogP contribution in [-0.2, 0) is 16.6 Å². The van der Waals surface area contributed by atoms with Gasteiger partial charge >= 0.3 is 0 Å². The van der Waals surface area contributed by atoms with Crippen molar-refractivity contribution in [2.75, 3.05) is 11.8 Å². The molecule has 0 radical (unpaired) electrons. The summed E-state index contributed by atoms with van der Waals surface area (Å²) in [6.45, 7) is 0.604. The fourth-order valence-electron chi connectivity index (χ4n) is 1.54. The van der Waals surface area contributed by atoms with Crippen LogP contribution in [0.3, 0.4) is 0 Å². The molecule has 1 aromatic heterocycles. The van der Waals surface area contributed by atoms with Gasteiger partial charge in [-0.15, -0.1) is 11.3 Å². The third-order valence-corrected chi connectivity index (χ3v) is 6.03. The maximum Gasteiger partial charge on any atom is 0.271 e. The zero-order valence-corrected chi connectivity index (χ0v) is 13.7. The number of anilines is 1. The van der Waals surface area contributed by atoms with Gasteiger partial charge in [0.1, 0.15) is 10.0 Å². The summed E-state index contributed by atoms with van der Waals surface area (Å²) in [6.07, 6.45) is 0. The van der Waals surface area contributed by atoms with Crippen LogP contribution >= 0.6 is 27.3 Å². The zero-order chi connectivity index (χ0) is 14.8. The molecule has 0 bridgehead atoms. The van der Waals surface area contributed by atoms with Crippen molar-refractivity contribution in [1.82, 2.24) is 5.32 Å². The molecule has 0 atom stereocenters. The summed E-state index contributed by atoms with van der Waals surface area (Å²) in [5.74, 6) is -0.521. The first-order valence-corrected chi connectivity index (χ1v) is 8.73. The van der Waals surface area contributed by atoms with Gasteiger partial charge in [-0.3, -0.25) is 4.72 Å². The molecule has 0 spiro atoms. The lowest BCUT2D eigenvalue weighted by atomic mass is 10.3. The van der Waals surface area contributed by atoms with Crippen LogP contribution in [0.15, 0.2) is 39.0 Å². The molecule has 0 aliphatic rings. The molecule has 2 rings (SSSR count). The topological polar surface area (TPSA) is 58.2 Å². The quantitative estimate of drug-likeness (QED) is 0.839. The number of sulfonamides is 1. The van der Waals surface area contributed by atoms with E-state index < -0.39 is 15.8 Å². The second-order valence-corrected chi connectivity index (χ2v) is 7.92. The van der Waals surface area contributed by atoms with Crippen molar-refractivity contribution in [2.24, 2.45) is 0 Å². The number of benzene rings is 1. The van der Waals surface area contributed by atoms with Crippen molar-refractivity contribution in [1.29, 1.82) is 0 Å². The van der Waals surface area contributed by atoms with E-state index in [1.807, 2.05) is 0 Å². The molecule has 0 saturated carbocycles. The van der Waals surface area contributed by atoms with Crippen LogP contribution in [0.2, 0.25) is 0 Å². The Balaban J connectivity index is 2.23. The summed E-state index contributed by atoms with van der Waals surface area (Å²) in [5, 5.41) is 2.95. The number of rotatable bonds is 5. The maximum absolute atomic E-state index is 13.4. The average Bonchev–Trinajstić information content (AvgIpc) is 2.83. The summed E-state index contributed by atoms with van der Waals surface area (Å²) < 4.78 is 40.5. The molecule has 0 aliphatic heterocycles. The molecule has 108 valence electrons. The van der Waals surface area contributed by atoms with Gasteiger partial charge in [0, 0.05) is 11.4 Å². The number of halogens is 2. The zero-order valence-electron chi connectivity index (χ0n) is 10.5. The van der Waals surface area contributed by atoms with Gasteiger partial charge in [0.25, 0.3) is 10.0 Å². The fraction of sp³-hybridized carbons (Fsp3) is 0.167. The lowest BCUT2D eigenvalue weighted by Crippen LogP contribution is -2.11. The van der Waals surface area contributed by atoms with Gasteiger partial charge in [-0.1, -0.05) is 0 Å². The SMILES string of the molecule is CNCc1ccc(S(=O)(=O)Nc2ccc(Br)c(F)c2)s1. The Morgan fingerprint density at radius 2 is 2.05 bits per heavy atom. The van der Waals surface area contributed by atoms with E-state index in [4.69, 9.17) is 0 Å². The third-order valence-electron chi connectivity index (χ3n) is 2.42. The molecular formula is C12H12BrFN2O2S2. The predicted molar refractivity (Wildman–Crippen MR) is 82.0 cm³/mol. The van der Waals surface area contributed by atoms with Crippen LogP contribution in [0.4, 0.5) is 10.1 Å². The first kappa shape index (κ1) is 15.4. The molecule has 0 aliphatic carbocycles. The fourth-order valence-corrected chi connectivity index (χ4v) is 4.20. The molecule has 20 heavy (non-hydrogen) atoms. The molecule has 1 aromatic carbocycles. The molecule has 2 aromatic rings. The van der Waals surface area contributed by atoms with E-state index in [2.05, 4.69) is 26.0 Å². The van der Waals surface area contributed by atoms with Gasteiger partial charge in [-0.2, -0.15) is 0 Å². The summed E-state index contributed by atoms with van der Waals surface area (Å²) in [5.41, 5.74) is 0.189. The van der Waals surface area contributed by atoms with Crippen LogP contribution in [0.5, 0.6) is 0 Å². The van der Waals surface area contributed by atoms with Crippen LogP contribution in [0.25, 0.3) is 0 Å². The van der Waals surface area contributed by atoms with Crippen LogP contribution in [0, 0.1) is 5.82 Å². The number of thiophene rings is 1. The molecular weight excluding hydrogens is 367 g/mol. The smallest absolute Gasteiger partial charge is 0.271 e. The van der Waals surface area contributed by atoms with Crippen LogP contribution in [0.1, 0.15) is 4.88 Å². The Morgan fingerprint density at radius 1 is 1.30 bits per heavy atom. The lowest BCUT2D eigenvalue weighted by Gasteiger charge is -2.06. The number of nitrogens with one attached hydrogen (secondary N) is 2. The molecule has 1 heterocycles. The van der Waals surface area contributed by atoms with E-state index in [0.717, 1.165) is 10.9 Å². The van der Waals surface area contributed by atoms with Gasteiger partial charge in [-0.05, 0) is 53.3 Å². The molecule has 0 unspecified atom stereocenters. The Labute approximate surface area is 129 Å². The monoisotopic (exact) mass is 378 g/mol. The highest BCUT2D eigenvalue weighted by molar-refractivity contribution is 9.10. The highest BCUT2D eigenvalue weighted by atomic mass is 79.9. The Hall–Kier alpha value is -0.960. The molecule has 0 saturated heterocycles. The van der Waals surface area contributed by atoms with Gasteiger partial charge in [0.15, 0.2) is 0 Å². The first-order valence-electron chi connectivity index (χ1n) is 5.63. The van der Waals surface area contributed by atoms with E-state index in [0.29, 0.717) is 6.54 Å². The van der Waals surface area contributed by atoms with Gasteiger partial charge in [0.05, 0.1) is 10.2 Å². The van der Waals surface area contributed by atoms with Crippen molar-refractivity contribution < 1.29 is 12.8 Å². The van der Waals surface area contributed by atoms with E-state index >= 15 is 0 Å². The van der Waals surface area contributed by atoms with E-state index in [1.54, 1.807) is 13.1 Å². The predicted octanol–water partition coefficient (Wildman–Crippen LogP) is 3.17. The van der Waals surface area contributed by atoms with Crippen molar-refractivity contribution >= 4 is 43.0 Å². The maximum atomic E-state index is 13.4. The minimum Gasteiger partial charge on any atom is -0.315 e. The standard InChI is InChI=1S/C12H12BrFN2O2S2/c1-15-7-9-3-5-12(19-9)20(17,18)16-8-2-4-10(13)11(14)6-8/h2-6,15-16H,7H2,1H3. The normalized spacial score (nSPS) is 11.6. The molecule has 2 N–H and O–H groups in total. The molecule has 0 fully saturated rings. The summed E-state index contributed by atoms with van der Waals surface area (Å²) in [4.78, 5) is 0.912. The molecule has 4 nitrogen and oxygen atoms in total. The van der Waals surface area contributed by atoms with Crippen LogP contribution < -0.4 is 10.0 Å². The Morgan fingerprint density at radius 3 is 2.70 bits per heavy atom. The second-order valence-electron chi connectivity index (χ2n) is 3.99. The van der Waals surface area contributed by atoms with E-state index in [1.165, 1.54) is 29.5 Å². The second kappa shape index (κ2) is 6.21. The largest absolute Gasteiger partial charge is 0.315 e. The van der Waals surface area contributed by atoms with Crippen LogP contribution in [-0.4, -0.2) is 15.5 Å².